The number of aromatic nitrogens is 3. The van der Waals surface area contributed by atoms with Crippen molar-refractivity contribution in [2.45, 2.75) is 50.7 Å². The molecular weight excluding hydrogens is 336 g/mol. The zero-order valence-corrected chi connectivity index (χ0v) is 15.5. The molecule has 1 aromatic carbocycles. The Morgan fingerprint density at radius 3 is 2.68 bits per heavy atom. The quantitative estimate of drug-likeness (QED) is 0.691. The minimum atomic E-state index is -0.0480. The SMILES string of the molecule is CCCn1c(SCC(=O)Nc2ccc(OCC)cc2)nnc1C1CC1. The molecule has 3 rings (SSSR count). The summed E-state index contributed by atoms with van der Waals surface area (Å²) in [4.78, 5) is 12.2. The third-order valence-corrected chi connectivity index (χ3v) is 4.88. The van der Waals surface area contributed by atoms with Crippen molar-refractivity contribution >= 4 is 23.4 Å². The second-order valence-corrected chi connectivity index (χ2v) is 7.00. The maximum Gasteiger partial charge on any atom is 0.234 e. The molecule has 1 fully saturated rings. The highest BCUT2D eigenvalue weighted by Crippen LogP contribution is 2.40. The number of anilines is 1. The lowest BCUT2D eigenvalue weighted by molar-refractivity contribution is -0.113. The number of nitrogens with one attached hydrogen (secondary N) is 1. The summed E-state index contributed by atoms with van der Waals surface area (Å²) in [7, 11) is 0. The number of hydrogen-bond donors (Lipinski definition) is 1. The first-order valence-electron chi connectivity index (χ1n) is 8.79. The first-order valence-corrected chi connectivity index (χ1v) is 9.78. The van der Waals surface area contributed by atoms with Gasteiger partial charge in [-0.25, -0.2) is 0 Å². The lowest BCUT2D eigenvalue weighted by Crippen LogP contribution is -2.14. The number of amides is 1. The number of carbonyl (C=O) groups is 1. The molecule has 2 aromatic rings. The van der Waals surface area contributed by atoms with Gasteiger partial charge in [0.05, 0.1) is 12.4 Å². The fourth-order valence-electron chi connectivity index (χ4n) is 2.61. The van der Waals surface area contributed by atoms with Gasteiger partial charge in [-0.1, -0.05) is 18.7 Å². The van der Waals surface area contributed by atoms with E-state index in [0.29, 0.717) is 18.3 Å². The van der Waals surface area contributed by atoms with Crippen LogP contribution in [0.5, 0.6) is 5.75 Å². The van der Waals surface area contributed by atoms with Gasteiger partial charge in [0.15, 0.2) is 5.16 Å². The molecule has 1 aliphatic rings. The van der Waals surface area contributed by atoms with E-state index in [9.17, 15) is 4.79 Å². The summed E-state index contributed by atoms with van der Waals surface area (Å²) in [6, 6.07) is 7.40. The third-order valence-electron chi connectivity index (χ3n) is 3.92. The molecule has 1 amide bonds. The number of nitrogens with zero attached hydrogens (tertiary/aromatic N) is 3. The van der Waals surface area contributed by atoms with Crippen molar-refractivity contribution in [3.05, 3.63) is 30.1 Å². The number of carbonyl (C=O) groups excluding carboxylic acids is 1. The molecule has 7 heteroatoms. The molecule has 6 nitrogen and oxygen atoms in total. The Balaban J connectivity index is 1.55. The number of hydrogen-bond acceptors (Lipinski definition) is 5. The van der Waals surface area contributed by atoms with Crippen LogP contribution in [0.4, 0.5) is 5.69 Å². The maximum absolute atomic E-state index is 12.2. The van der Waals surface area contributed by atoms with Crippen LogP contribution in [0.25, 0.3) is 0 Å². The zero-order chi connectivity index (χ0) is 17.6. The number of thioether (sulfide) groups is 1. The van der Waals surface area contributed by atoms with Crippen molar-refractivity contribution < 1.29 is 9.53 Å². The summed E-state index contributed by atoms with van der Waals surface area (Å²) in [6.07, 6.45) is 3.43. The standard InChI is InChI=1S/C18H24N4O2S/c1-3-11-22-17(13-5-6-13)20-21-18(22)25-12-16(23)19-14-7-9-15(10-8-14)24-4-2/h7-10,13H,3-6,11-12H2,1-2H3,(H,19,23). The van der Waals surface area contributed by atoms with Gasteiger partial charge >= 0.3 is 0 Å². The molecule has 0 radical (unpaired) electrons. The smallest absolute Gasteiger partial charge is 0.234 e. The van der Waals surface area contributed by atoms with Crippen LogP contribution in [-0.2, 0) is 11.3 Å². The Morgan fingerprint density at radius 2 is 2.04 bits per heavy atom. The van der Waals surface area contributed by atoms with E-state index in [1.165, 1.54) is 24.6 Å². The van der Waals surface area contributed by atoms with E-state index in [1.54, 1.807) is 0 Å². The van der Waals surface area contributed by atoms with Crippen molar-refractivity contribution in [2.24, 2.45) is 0 Å². The van der Waals surface area contributed by atoms with Crippen LogP contribution in [0.1, 0.15) is 44.9 Å². The van der Waals surface area contributed by atoms with Gasteiger partial charge in [-0.2, -0.15) is 0 Å². The van der Waals surface area contributed by atoms with E-state index in [4.69, 9.17) is 4.74 Å². The van der Waals surface area contributed by atoms with Crippen LogP contribution in [0.3, 0.4) is 0 Å². The third kappa shape index (κ3) is 4.75. The van der Waals surface area contributed by atoms with Crippen molar-refractivity contribution in [2.75, 3.05) is 17.7 Å². The van der Waals surface area contributed by atoms with Crippen molar-refractivity contribution in [3.63, 3.8) is 0 Å². The molecule has 1 aliphatic carbocycles. The Hall–Kier alpha value is -2.02. The first-order chi connectivity index (χ1) is 12.2. The number of rotatable bonds is 9. The van der Waals surface area contributed by atoms with Gasteiger partial charge in [-0.05, 0) is 50.5 Å². The summed E-state index contributed by atoms with van der Waals surface area (Å²) in [5.74, 6) is 2.71. The van der Waals surface area contributed by atoms with Crippen LogP contribution in [0.15, 0.2) is 29.4 Å². The lowest BCUT2D eigenvalue weighted by Gasteiger charge is -2.09. The van der Waals surface area contributed by atoms with Crippen LogP contribution in [0, 0.1) is 0 Å². The van der Waals surface area contributed by atoms with Crippen molar-refractivity contribution in [1.82, 2.24) is 14.8 Å². The van der Waals surface area contributed by atoms with Gasteiger partial charge in [0.2, 0.25) is 5.91 Å². The highest BCUT2D eigenvalue weighted by atomic mass is 32.2. The Kier molecular flexibility index (Phi) is 5.96. The van der Waals surface area contributed by atoms with E-state index in [-0.39, 0.29) is 5.91 Å². The van der Waals surface area contributed by atoms with Crippen molar-refractivity contribution in [3.8, 4) is 5.75 Å². The summed E-state index contributed by atoms with van der Waals surface area (Å²) in [5, 5.41) is 12.4. The predicted molar refractivity (Wildman–Crippen MR) is 99.3 cm³/mol. The van der Waals surface area contributed by atoms with E-state index < -0.39 is 0 Å². The van der Waals surface area contributed by atoms with Gasteiger partial charge in [-0.15, -0.1) is 10.2 Å². The van der Waals surface area contributed by atoms with E-state index >= 15 is 0 Å². The lowest BCUT2D eigenvalue weighted by atomic mass is 10.3. The fourth-order valence-corrected chi connectivity index (χ4v) is 3.38. The summed E-state index contributed by atoms with van der Waals surface area (Å²) >= 11 is 1.44. The van der Waals surface area contributed by atoms with Gasteiger partial charge in [0, 0.05) is 18.2 Å². The van der Waals surface area contributed by atoms with E-state index in [0.717, 1.165) is 35.4 Å². The van der Waals surface area contributed by atoms with Gasteiger partial charge < -0.3 is 14.6 Å². The fraction of sp³-hybridized carbons (Fsp3) is 0.500. The summed E-state index contributed by atoms with van der Waals surface area (Å²) < 4.78 is 7.57. The molecule has 0 spiro atoms. The molecule has 1 N–H and O–H groups in total. The second-order valence-electron chi connectivity index (χ2n) is 6.06. The molecule has 1 heterocycles. The minimum absolute atomic E-state index is 0.0480. The molecule has 0 unspecified atom stereocenters. The molecule has 134 valence electrons. The molecular formula is C18H24N4O2S. The normalized spacial score (nSPS) is 13.7. The average molecular weight is 360 g/mol. The molecule has 1 aromatic heterocycles. The van der Waals surface area contributed by atoms with Crippen LogP contribution in [-0.4, -0.2) is 33.0 Å². The molecule has 1 saturated carbocycles. The summed E-state index contributed by atoms with van der Waals surface area (Å²) in [6.45, 7) is 5.62. The average Bonchev–Trinajstić information content (AvgIpc) is 3.37. The summed E-state index contributed by atoms with van der Waals surface area (Å²) in [5.41, 5.74) is 0.766. The monoisotopic (exact) mass is 360 g/mol. The van der Waals surface area contributed by atoms with Gasteiger partial charge in [0.1, 0.15) is 11.6 Å². The highest BCUT2D eigenvalue weighted by molar-refractivity contribution is 7.99. The largest absolute Gasteiger partial charge is 0.494 e. The highest BCUT2D eigenvalue weighted by Gasteiger charge is 2.30. The van der Waals surface area contributed by atoms with Crippen LogP contribution in [0.2, 0.25) is 0 Å². The van der Waals surface area contributed by atoms with Gasteiger partial charge in [-0.3, -0.25) is 4.79 Å². The Labute approximate surface area is 152 Å². The molecule has 0 saturated heterocycles. The van der Waals surface area contributed by atoms with E-state index in [2.05, 4.69) is 27.0 Å². The minimum Gasteiger partial charge on any atom is -0.494 e. The molecule has 0 aliphatic heterocycles. The second kappa shape index (κ2) is 8.38. The van der Waals surface area contributed by atoms with E-state index in [1.807, 2.05) is 31.2 Å². The van der Waals surface area contributed by atoms with Crippen molar-refractivity contribution in [1.29, 1.82) is 0 Å². The molecule has 0 atom stereocenters. The number of benzene rings is 1. The first kappa shape index (κ1) is 17.8. The molecule has 25 heavy (non-hydrogen) atoms. The topological polar surface area (TPSA) is 69.0 Å². The van der Waals surface area contributed by atoms with Crippen LogP contribution >= 0.6 is 11.8 Å². The molecule has 0 bridgehead atoms. The Bertz CT molecular complexity index is 710. The Morgan fingerprint density at radius 1 is 1.28 bits per heavy atom. The zero-order valence-electron chi connectivity index (χ0n) is 14.7. The predicted octanol–water partition coefficient (Wildman–Crippen LogP) is 3.70. The van der Waals surface area contributed by atoms with Gasteiger partial charge in [0.25, 0.3) is 0 Å². The van der Waals surface area contributed by atoms with Crippen LogP contribution < -0.4 is 10.1 Å². The number of ether oxygens (including phenoxy) is 1. The maximum atomic E-state index is 12.2.